The standard InChI is InChI=1S/C20H25NO3/c1-2-4-17(5-3-1)16-24-20-8-6-19(7-9-20)23-13-11-21-14-18-10-12-22-15-18/h1-9,18,21H,10-16H2. The van der Waals surface area contributed by atoms with Gasteiger partial charge in [-0.15, -0.1) is 0 Å². The predicted octanol–water partition coefficient (Wildman–Crippen LogP) is 3.27. The molecule has 2 aromatic rings. The maximum Gasteiger partial charge on any atom is 0.120 e. The van der Waals surface area contributed by atoms with Crippen molar-refractivity contribution in [2.24, 2.45) is 5.92 Å². The Morgan fingerprint density at radius 3 is 2.42 bits per heavy atom. The van der Waals surface area contributed by atoms with Gasteiger partial charge in [-0.1, -0.05) is 30.3 Å². The molecule has 3 rings (SSSR count). The van der Waals surface area contributed by atoms with Gasteiger partial charge in [-0.05, 0) is 42.2 Å². The van der Waals surface area contributed by atoms with Crippen LogP contribution in [0.3, 0.4) is 0 Å². The zero-order valence-corrected chi connectivity index (χ0v) is 13.9. The number of nitrogens with one attached hydrogen (secondary N) is 1. The second-order valence-electron chi connectivity index (χ2n) is 6.03. The van der Waals surface area contributed by atoms with E-state index in [9.17, 15) is 0 Å². The molecule has 1 unspecified atom stereocenters. The number of rotatable bonds is 9. The van der Waals surface area contributed by atoms with Crippen LogP contribution in [0.5, 0.6) is 11.5 Å². The third-order valence-corrected chi connectivity index (χ3v) is 4.08. The SMILES string of the molecule is c1ccc(COc2ccc(OCCNCC3CCOC3)cc2)cc1. The summed E-state index contributed by atoms with van der Waals surface area (Å²) in [6.45, 7) is 4.89. The zero-order valence-electron chi connectivity index (χ0n) is 13.9. The van der Waals surface area contributed by atoms with Crippen LogP contribution in [0.25, 0.3) is 0 Å². The molecule has 0 aliphatic carbocycles. The smallest absolute Gasteiger partial charge is 0.120 e. The molecule has 1 aliphatic heterocycles. The quantitative estimate of drug-likeness (QED) is 0.718. The van der Waals surface area contributed by atoms with Crippen molar-refractivity contribution >= 4 is 0 Å². The molecule has 1 aliphatic rings. The molecule has 4 heteroatoms. The summed E-state index contributed by atoms with van der Waals surface area (Å²) in [6, 6.07) is 17.9. The topological polar surface area (TPSA) is 39.7 Å². The Labute approximate surface area is 143 Å². The molecule has 1 heterocycles. The third-order valence-electron chi connectivity index (χ3n) is 4.08. The van der Waals surface area contributed by atoms with Crippen molar-refractivity contribution in [3.8, 4) is 11.5 Å². The highest BCUT2D eigenvalue weighted by Gasteiger charge is 2.14. The van der Waals surface area contributed by atoms with E-state index in [-0.39, 0.29) is 0 Å². The predicted molar refractivity (Wildman–Crippen MR) is 94.5 cm³/mol. The third kappa shape index (κ3) is 5.55. The van der Waals surface area contributed by atoms with Crippen LogP contribution >= 0.6 is 0 Å². The van der Waals surface area contributed by atoms with Gasteiger partial charge in [-0.2, -0.15) is 0 Å². The van der Waals surface area contributed by atoms with Crippen LogP contribution < -0.4 is 14.8 Å². The molecule has 0 bridgehead atoms. The van der Waals surface area contributed by atoms with Gasteiger partial charge in [0.2, 0.25) is 0 Å². The van der Waals surface area contributed by atoms with Crippen molar-refractivity contribution in [2.75, 3.05) is 32.9 Å². The van der Waals surface area contributed by atoms with E-state index >= 15 is 0 Å². The Morgan fingerprint density at radius 1 is 0.958 bits per heavy atom. The van der Waals surface area contributed by atoms with Gasteiger partial charge in [0, 0.05) is 19.7 Å². The van der Waals surface area contributed by atoms with Gasteiger partial charge in [0.1, 0.15) is 24.7 Å². The van der Waals surface area contributed by atoms with Crippen LogP contribution in [0.4, 0.5) is 0 Å². The van der Waals surface area contributed by atoms with Gasteiger partial charge in [0.15, 0.2) is 0 Å². The van der Waals surface area contributed by atoms with Crippen LogP contribution in [0.1, 0.15) is 12.0 Å². The normalized spacial score (nSPS) is 16.9. The first-order valence-corrected chi connectivity index (χ1v) is 8.58. The lowest BCUT2D eigenvalue weighted by molar-refractivity contribution is 0.185. The summed E-state index contributed by atoms with van der Waals surface area (Å²) in [5, 5.41) is 3.42. The molecule has 24 heavy (non-hydrogen) atoms. The zero-order chi connectivity index (χ0) is 16.5. The first kappa shape index (κ1) is 16.8. The Balaban J connectivity index is 1.32. The molecule has 1 fully saturated rings. The van der Waals surface area contributed by atoms with E-state index in [1.54, 1.807) is 0 Å². The van der Waals surface area contributed by atoms with E-state index in [0.29, 0.717) is 19.1 Å². The van der Waals surface area contributed by atoms with Crippen LogP contribution in [-0.2, 0) is 11.3 Å². The van der Waals surface area contributed by atoms with Crippen molar-refractivity contribution in [3.63, 3.8) is 0 Å². The number of benzene rings is 2. The lowest BCUT2D eigenvalue weighted by Crippen LogP contribution is -2.27. The van der Waals surface area contributed by atoms with Crippen LogP contribution in [0.2, 0.25) is 0 Å². The van der Waals surface area contributed by atoms with Crippen molar-refractivity contribution in [1.82, 2.24) is 5.32 Å². The lowest BCUT2D eigenvalue weighted by atomic mass is 10.1. The monoisotopic (exact) mass is 327 g/mol. The van der Waals surface area contributed by atoms with E-state index < -0.39 is 0 Å². The second kappa shape index (κ2) is 9.30. The molecule has 0 spiro atoms. The molecule has 2 aromatic carbocycles. The van der Waals surface area contributed by atoms with Crippen molar-refractivity contribution in [1.29, 1.82) is 0 Å². The molecule has 0 amide bonds. The fourth-order valence-corrected chi connectivity index (χ4v) is 2.66. The van der Waals surface area contributed by atoms with Crippen molar-refractivity contribution in [2.45, 2.75) is 13.0 Å². The van der Waals surface area contributed by atoms with Crippen LogP contribution in [0.15, 0.2) is 54.6 Å². The van der Waals surface area contributed by atoms with Gasteiger partial charge in [0.25, 0.3) is 0 Å². The average Bonchev–Trinajstić information content (AvgIpc) is 3.15. The van der Waals surface area contributed by atoms with Crippen molar-refractivity contribution < 1.29 is 14.2 Å². The van der Waals surface area contributed by atoms with E-state index in [0.717, 1.165) is 49.8 Å². The fourth-order valence-electron chi connectivity index (χ4n) is 2.66. The maximum absolute atomic E-state index is 5.77. The van der Waals surface area contributed by atoms with Crippen LogP contribution in [0, 0.1) is 5.92 Å². The highest BCUT2D eigenvalue weighted by Crippen LogP contribution is 2.18. The highest BCUT2D eigenvalue weighted by atomic mass is 16.5. The van der Waals surface area contributed by atoms with Gasteiger partial charge in [0.05, 0.1) is 6.61 Å². The average molecular weight is 327 g/mol. The first-order valence-electron chi connectivity index (χ1n) is 8.58. The van der Waals surface area contributed by atoms with Gasteiger partial charge < -0.3 is 19.5 Å². The molecule has 1 atom stereocenters. The largest absolute Gasteiger partial charge is 0.492 e. The van der Waals surface area contributed by atoms with E-state index in [1.165, 1.54) is 0 Å². The molecule has 0 saturated carbocycles. The van der Waals surface area contributed by atoms with Crippen molar-refractivity contribution in [3.05, 3.63) is 60.2 Å². The molecule has 4 nitrogen and oxygen atoms in total. The first-order chi connectivity index (χ1) is 11.9. The van der Waals surface area contributed by atoms with Gasteiger partial charge in [-0.3, -0.25) is 0 Å². The molecule has 128 valence electrons. The Hall–Kier alpha value is -2.04. The molecule has 1 N–H and O–H groups in total. The summed E-state index contributed by atoms with van der Waals surface area (Å²) in [5.74, 6) is 2.38. The summed E-state index contributed by atoms with van der Waals surface area (Å²) < 4.78 is 16.9. The maximum atomic E-state index is 5.77. The summed E-state index contributed by atoms with van der Waals surface area (Å²) in [6.07, 6.45) is 1.16. The number of hydrogen-bond donors (Lipinski definition) is 1. The highest BCUT2D eigenvalue weighted by molar-refractivity contribution is 5.31. The Bertz CT molecular complexity index is 580. The minimum absolute atomic E-state index is 0.579. The fraction of sp³-hybridized carbons (Fsp3) is 0.400. The minimum Gasteiger partial charge on any atom is -0.492 e. The molecule has 1 saturated heterocycles. The van der Waals surface area contributed by atoms with Gasteiger partial charge >= 0.3 is 0 Å². The second-order valence-corrected chi connectivity index (χ2v) is 6.03. The number of ether oxygens (including phenoxy) is 3. The molecule has 0 aromatic heterocycles. The van der Waals surface area contributed by atoms with E-state index in [2.05, 4.69) is 17.4 Å². The lowest BCUT2D eigenvalue weighted by Gasteiger charge is -2.11. The summed E-state index contributed by atoms with van der Waals surface area (Å²) in [4.78, 5) is 0. The molecular weight excluding hydrogens is 302 g/mol. The van der Waals surface area contributed by atoms with Crippen LogP contribution in [-0.4, -0.2) is 32.9 Å². The molecular formula is C20H25NO3. The Morgan fingerprint density at radius 2 is 1.71 bits per heavy atom. The number of hydrogen-bond acceptors (Lipinski definition) is 4. The minimum atomic E-state index is 0.579. The van der Waals surface area contributed by atoms with E-state index in [4.69, 9.17) is 14.2 Å². The summed E-state index contributed by atoms with van der Waals surface area (Å²) in [5.41, 5.74) is 1.16. The summed E-state index contributed by atoms with van der Waals surface area (Å²) in [7, 11) is 0. The summed E-state index contributed by atoms with van der Waals surface area (Å²) >= 11 is 0. The van der Waals surface area contributed by atoms with Gasteiger partial charge in [-0.25, -0.2) is 0 Å². The molecule has 0 radical (unpaired) electrons. The Kier molecular flexibility index (Phi) is 6.51. The van der Waals surface area contributed by atoms with E-state index in [1.807, 2.05) is 42.5 Å².